The summed E-state index contributed by atoms with van der Waals surface area (Å²) in [6.45, 7) is -0.365. The standard InChI is InChI=1S/C24H29N7O7/c25-9-20(32)29-19(8-14-11-26-12-28-14)23(36)31-18(7-13-10-27-16-4-2-1-3-15(13)16)22(35)30-17(24(37)38)5-6-21(33)34/h1-4,10-12,17-19,27H,5-9,25H2,(H,26,28)(H,29,32)(H,30,35)(H,31,36)(H,33,34)(H,37,38). The van der Waals surface area contributed by atoms with Crippen molar-refractivity contribution < 1.29 is 34.2 Å². The molecule has 0 bridgehead atoms. The van der Waals surface area contributed by atoms with Gasteiger partial charge in [-0.2, -0.15) is 0 Å². The number of H-pyrrole nitrogens is 2. The number of carboxylic acids is 2. The first-order chi connectivity index (χ1) is 18.2. The van der Waals surface area contributed by atoms with E-state index in [1.165, 1.54) is 12.5 Å². The fraction of sp³-hybridized carbons (Fsp3) is 0.333. The molecule has 0 saturated carbocycles. The zero-order valence-corrected chi connectivity index (χ0v) is 20.3. The summed E-state index contributed by atoms with van der Waals surface area (Å²) in [5, 5.41) is 26.6. The molecule has 3 atom stereocenters. The summed E-state index contributed by atoms with van der Waals surface area (Å²) in [6.07, 6.45) is 3.74. The van der Waals surface area contributed by atoms with Crippen LogP contribution in [0.2, 0.25) is 0 Å². The van der Waals surface area contributed by atoms with Gasteiger partial charge in [-0.05, 0) is 18.1 Å². The molecule has 2 heterocycles. The third-order valence-corrected chi connectivity index (χ3v) is 5.81. The third-order valence-electron chi connectivity index (χ3n) is 5.81. The predicted molar refractivity (Wildman–Crippen MR) is 134 cm³/mol. The summed E-state index contributed by atoms with van der Waals surface area (Å²) in [5.41, 5.74) is 7.40. The molecule has 3 aromatic rings. The molecule has 3 rings (SSSR count). The Morgan fingerprint density at radius 2 is 1.61 bits per heavy atom. The number of amides is 3. The van der Waals surface area contributed by atoms with Crippen molar-refractivity contribution in [1.29, 1.82) is 0 Å². The van der Waals surface area contributed by atoms with Crippen LogP contribution >= 0.6 is 0 Å². The number of carbonyl (C=O) groups excluding carboxylic acids is 3. The van der Waals surface area contributed by atoms with Gasteiger partial charge in [-0.3, -0.25) is 19.2 Å². The SMILES string of the molecule is NCC(=O)NC(Cc1cnc[nH]1)C(=O)NC(Cc1c[nH]c2ccccc12)C(=O)NC(CCC(=O)O)C(=O)O. The van der Waals surface area contributed by atoms with Gasteiger partial charge in [-0.15, -0.1) is 0 Å². The largest absolute Gasteiger partial charge is 0.481 e. The molecule has 14 nitrogen and oxygen atoms in total. The van der Waals surface area contributed by atoms with Crippen molar-refractivity contribution in [3.63, 3.8) is 0 Å². The maximum Gasteiger partial charge on any atom is 0.326 e. The first kappa shape index (κ1) is 27.9. The maximum atomic E-state index is 13.3. The second kappa shape index (κ2) is 13.0. The van der Waals surface area contributed by atoms with Crippen molar-refractivity contribution in [2.75, 3.05) is 6.54 Å². The number of aromatic nitrogens is 3. The molecule has 38 heavy (non-hydrogen) atoms. The van der Waals surface area contributed by atoms with Crippen molar-refractivity contribution in [2.24, 2.45) is 5.73 Å². The molecule has 0 aliphatic heterocycles. The van der Waals surface area contributed by atoms with Gasteiger partial charge in [0.15, 0.2) is 0 Å². The van der Waals surface area contributed by atoms with E-state index < -0.39 is 54.2 Å². The molecular weight excluding hydrogens is 498 g/mol. The number of carbonyl (C=O) groups is 5. The van der Waals surface area contributed by atoms with Crippen molar-refractivity contribution in [3.8, 4) is 0 Å². The molecule has 3 amide bonds. The monoisotopic (exact) mass is 527 g/mol. The molecule has 0 aliphatic carbocycles. The van der Waals surface area contributed by atoms with Gasteiger partial charge in [0.2, 0.25) is 17.7 Å². The third kappa shape index (κ3) is 7.64. The van der Waals surface area contributed by atoms with Gasteiger partial charge in [0.05, 0.1) is 12.9 Å². The summed E-state index contributed by atoms with van der Waals surface area (Å²) in [7, 11) is 0. The second-order valence-corrected chi connectivity index (χ2v) is 8.56. The zero-order valence-electron chi connectivity index (χ0n) is 20.3. The van der Waals surface area contributed by atoms with Gasteiger partial charge < -0.3 is 41.9 Å². The molecule has 2 aromatic heterocycles. The summed E-state index contributed by atoms with van der Waals surface area (Å²) in [5.74, 6) is -4.76. The van der Waals surface area contributed by atoms with E-state index in [1.807, 2.05) is 24.3 Å². The maximum absolute atomic E-state index is 13.3. The molecule has 0 saturated heterocycles. The Hall–Kier alpha value is -4.72. The van der Waals surface area contributed by atoms with Crippen LogP contribution in [-0.2, 0) is 36.8 Å². The summed E-state index contributed by atoms with van der Waals surface area (Å²) in [6, 6.07) is 3.43. The van der Waals surface area contributed by atoms with Crippen molar-refractivity contribution >= 4 is 40.6 Å². The molecule has 3 unspecified atom stereocenters. The summed E-state index contributed by atoms with van der Waals surface area (Å²) < 4.78 is 0. The van der Waals surface area contributed by atoms with Gasteiger partial charge in [-0.1, -0.05) is 18.2 Å². The highest BCUT2D eigenvalue weighted by molar-refractivity contribution is 5.94. The first-order valence-electron chi connectivity index (χ1n) is 11.7. The lowest BCUT2D eigenvalue weighted by Crippen LogP contribution is -2.57. The quantitative estimate of drug-likeness (QED) is 0.129. The average molecular weight is 528 g/mol. The van der Waals surface area contributed by atoms with Crippen LogP contribution in [0.1, 0.15) is 24.1 Å². The summed E-state index contributed by atoms with van der Waals surface area (Å²) >= 11 is 0. The van der Waals surface area contributed by atoms with E-state index in [4.69, 9.17) is 10.8 Å². The predicted octanol–water partition coefficient (Wildman–Crippen LogP) is -0.961. The highest BCUT2D eigenvalue weighted by atomic mass is 16.4. The molecule has 202 valence electrons. The van der Waals surface area contributed by atoms with E-state index >= 15 is 0 Å². The topological polar surface area (TPSA) is 232 Å². The number of para-hydroxylation sites is 1. The van der Waals surface area contributed by atoms with Crippen LogP contribution in [0.3, 0.4) is 0 Å². The Morgan fingerprint density at radius 3 is 2.24 bits per heavy atom. The van der Waals surface area contributed by atoms with Crippen LogP contribution in [0.25, 0.3) is 10.9 Å². The fourth-order valence-electron chi connectivity index (χ4n) is 3.88. The van der Waals surface area contributed by atoms with Crippen LogP contribution in [-0.4, -0.2) is 79.5 Å². The molecule has 1 aromatic carbocycles. The highest BCUT2D eigenvalue weighted by Gasteiger charge is 2.30. The lowest BCUT2D eigenvalue weighted by atomic mass is 10.0. The van der Waals surface area contributed by atoms with E-state index in [-0.39, 0.29) is 25.8 Å². The Bertz CT molecular complexity index is 1290. The fourth-order valence-corrected chi connectivity index (χ4v) is 3.88. The van der Waals surface area contributed by atoms with Gasteiger partial charge in [-0.25, -0.2) is 9.78 Å². The first-order valence-corrected chi connectivity index (χ1v) is 11.7. The van der Waals surface area contributed by atoms with Gasteiger partial charge in [0.25, 0.3) is 0 Å². The van der Waals surface area contributed by atoms with Gasteiger partial charge >= 0.3 is 11.9 Å². The number of nitrogens with one attached hydrogen (secondary N) is 5. The smallest absolute Gasteiger partial charge is 0.326 e. The van der Waals surface area contributed by atoms with Crippen LogP contribution in [0.4, 0.5) is 0 Å². The molecular formula is C24H29N7O7. The molecule has 0 radical (unpaired) electrons. The van der Waals surface area contributed by atoms with Crippen LogP contribution < -0.4 is 21.7 Å². The normalized spacial score (nSPS) is 13.3. The number of fused-ring (bicyclic) bond motifs is 1. The van der Waals surface area contributed by atoms with E-state index in [0.29, 0.717) is 11.3 Å². The number of imidazole rings is 1. The van der Waals surface area contributed by atoms with Crippen LogP contribution in [0.5, 0.6) is 0 Å². The number of nitrogens with two attached hydrogens (primary N) is 1. The number of nitrogens with zero attached hydrogens (tertiary/aromatic N) is 1. The number of benzene rings is 1. The summed E-state index contributed by atoms with van der Waals surface area (Å²) in [4.78, 5) is 70.9. The van der Waals surface area contributed by atoms with Crippen LogP contribution in [0, 0.1) is 0 Å². The number of carboxylic acid groups (broad SMARTS) is 2. The molecule has 0 spiro atoms. The molecule has 14 heteroatoms. The Morgan fingerprint density at radius 1 is 0.921 bits per heavy atom. The van der Waals surface area contributed by atoms with Crippen molar-refractivity contribution in [1.82, 2.24) is 30.9 Å². The lowest BCUT2D eigenvalue weighted by Gasteiger charge is -2.24. The highest BCUT2D eigenvalue weighted by Crippen LogP contribution is 2.19. The number of aliphatic carboxylic acids is 2. The average Bonchev–Trinajstić information content (AvgIpc) is 3.55. The number of hydrogen-bond acceptors (Lipinski definition) is 7. The minimum atomic E-state index is -1.49. The van der Waals surface area contributed by atoms with E-state index in [0.717, 1.165) is 10.9 Å². The number of aromatic amines is 2. The zero-order chi connectivity index (χ0) is 27.7. The lowest BCUT2D eigenvalue weighted by molar-refractivity contribution is -0.143. The van der Waals surface area contributed by atoms with Crippen LogP contribution in [0.15, 0.2) is 43.0 Å². The van der Waals surface area contributed by atoms with E-state index in [9.17, 15) is 29.1 Å². The number of hydrogen-bond donors (Lipinski definition) is 8. The minimum absolute atomic E-state index is 0.0194. The van der Waals surface area contributed by atoms with Gasteiger partial charge in [0.1, 0.15) is 18.1 Å². The van der Waals surface area contributed by atoms with E-state index in [2.05, 4.69) is 30.9 Å². The van der Waals surface area contributed by atoms with Crippen molar-refractivity contribution in [2.45, 2.75) is 43.8 Å². The molecule has 0 aliphatic rings. The Balaban J connectivity index is 1.86. The second-order valence-electron chi connectivity index (χ2n) is 8.56. The Labute approximate surface area is 216 Å². The van der Waals surface area contributed by atoms with Crippen molar-refractivity contribution in [3.05, 3.63) is 54.2 Å². The Kier molecular flexibility index (Phi) is 9.54. The van der Waals surface area contributed by atoms with E-state index in [1.54, 1.807) is 6.20 Å². The number of rotatable bonds is 14. The molecule has 0 fully saturated rings. The van der Waals surface area contributed by atoms with Gasteiger partial charge in [0, 0.05) is 48.3 Å². The minimum Gasteiger partial charge on any atom is -0.481 e. The molecule has 9 N–H and O–H groups in total.